The Kier molecular flexibility index (Phi) is 8.47. The number of para-hydroxylation sites is 1. The summed E-state index contributed by atoms with van der Waals surface area (Å²) in [5.41, 5.74) is 1.11. The molecule has 29 heavy (non-hydrogen) atoms. The molecule has 0 amide bonds. The van der Waals surface area contributed by atoms with E-state index in [-0.39, 0.29) is 0 Å². The van der Waals surface area contributed by atoms with Crippen molar-refractivity contribution in [3.8, 4) is 11.5 Å². The van der Waals surface area contributed by atoms with Gasteiger partial charge in [0.25, 0.3) is 0 Å². The molecule has 1 aliphatic heterocycles. The summed E-state index contributed by atoms with van der Waals surface area (Å²) in [5.74, 6) is 2.54. The Bertz CT molecular complexity index is 650. The van der Waals surface area contributed by atoms with E-state index < -0.39 is 0 Å². The molecule has 1 heterocycles. The number of nitrogens with zero attached hydrogens (tertiary/aromatic N) is 2. The van der Waals surface area contributed by atoms with E-state index in [2.05, 4.69) is 33.5 Å². The SMILES string of the molecule is CCCN1CCC(NC(=NC)NCc2cccc(OC)c2OC2CCCC2)CC1. The standard InChI is InChI=1S/C23H38N4O2/c1-4-14-27-15-12-19(13-16-27)26-23(24-2)25-17-18-8-7-11-21(28-3)22(18)29-20-9-5-6-10-20/h7-8,11,19-20H,4-6,9-10,12-17H2,1-3H3,(H2,24,25,26). The fourth-order valence-corrected chi connectivity index (χ4v) is 4.35. The molecule has 1 aromatic rings. The largest absolute Gasteiger partial charge is 0.493 e. The zero-order chi connectivity index (χ0) is 20.5. The monoisotopic (exact) mass is 402 g/mol. The molecule has 2 fully saturated rings. The molecule has 2 aliphatic rings. The van der Waals surface area contributed by atoms with Gasteiger partial charge in [0.2, 0.25) is 0 Å². The summed E-state index contributed by atoms with van der Waals surface area (Å²) in [4.78, 5) is 6.99. The zero-order valence-corrected chi connectivity index (χ0v) is 18.4. The third-order valence-electron chi connectivity index (χ3n) is 6.01. The number of rotatable bonds is 8. The van der Waals surface area contributed by atoms with Gasteiger partial charge in [-0.2, -0.15) is 0 Å². The van der Waals surface area contributed by atoms with E-state index in [4.69, 9.17) is 9.47 Å². The Morgan fingerprint density at radius 3 is 2.59 bits per heavy atom. The van der Waals surface area contributed by atoms with Crippen LogP contribution in [0.3, 0.4) is 0 Å². The molecule has 3 rings (SSSR count). The van der Waals surface area contributed by atoms with Crippen LogP contribution < -0.4 is 20.1 Å². The number of aliphatic imine (C=N–C) groups is 1. The smallest absolute Gasteiger partial charge is 0.191 e. The maximum absolute atomic E-state index is 6.35. The topological polar surface area (TPSA) is 58.1 Å². The van der Waals surface area contributed by atoms with Crippen LogP contribution in [0.15, 0.2) is 23.2 Å². The van der Waals surface area contributed by atoms with Crippen molar-refractivity contribution in [3.63, 3.8) is 0 Å². The fourth-order valence-electron chi connectivity index (χ4n) is 4.35. The maximum Gasteiger partial charge on any atom is 0.191 e. The van der Waals surface area contributed by atoms with Crippen molar-refractivity contribution in [1.29, 1.82) is 0 Å². The minimum absolute atomic E-state index is 0.302. The molecule has 0 unspecified atom stereocenters. The molecule has 0 spiro atoms. The van der Waals surface area contributed by atoms with Gasteiger partial charge in [-0.25, -0.2) is 0 Å². The lowest BCUT2D eigenvalue weighted by molar-refractivity contribution is 0.198. The van der Waals surface area contributed by atoms with Gasteiger partial charge < -0.3 is 25.0 Å². The molecular weight excluding hydrogens is 364 g/mol. The van der Waals surface area contributed by atoms with Crippen LogP contribution >= 0.6 is 0 Å². The minimum Gasteiger partial charge on any atom is -0.493 e. The van der Waals surface area contributed by atoms with Crippen molar-refractivity contribution >= 4 is 5.96 Å². The Balaban J connectivity index is 1.56. The van der Waals surface area contributed by atoms with Gasteiger partial charge in [-0.3, -0.25) is 4.99 Å². The van der Waals surface area contributed by atoms with Crippen molar-refractivity contribution in [2.45, 2.75) is 70.6 Å². The summed E-state index contributed by atoms with van der Waals surface area (Å²) >= 11 is 0. The fraction of sp³-hybridized carbons (Fsp3) is 0.696. The van der Waals surface area contributed by atoms with Crippen LogP contribution in [0, 0.1) is 0 Å². The zero-order valence-electron chi connectivity index (χ0n) is 18.4. The average Bonchev–Trinajstić information content (AvgIpc) is 3.26. The first-order chi connectivity index (χ1) is 14.2. The van der Waals surface area contributed by atoms with E-state index in [0.29, 0.717) is 18.7 Å². The van der Waals surface area contributed by atoms with Crippen molar-refractivity contribution < 1.29 is 9.47 Å². The maximum atomic E-state index is 6.35. The van der Waals surface area contributed by atoms with Crippen LogP contribution in [0.4, 0.5) is 0 Å². The molecule has 0 radical (unpaired) electrons. The summed E-state index contributed by atoms with van der Waals surface area (Å²) in [7, 11) is 3.54. The summed E-state index contributed by atoms with van der Waals surface area (Å²) in [6.45, 7) is 6.45. The van der Waals surface area contributed by atoms with Crippen LogP contribution in [0.2, 0.25) is 0 Å². The van der Waals surface area contributed by atoms with Gasteiger partial charge in [0, 0.05) is 38.3 Å². The predicted molar refractivity (Wildman–Crippen MR) is 119 cm³/mol. The second kappa shape index (κ2) is 11.3. The van der Waals surface area contributed by atoms with Crippen LogP contribution in [0.1, 0.15) is 57.4 Å². The van der Waals surface area contributed by atoms with Crippen LogP contribution in [-0.2, 0) is 6.54 Å². The third kappa shape index (κ3) is 6.26. The highest BCUT2D eigenvalue weighted by Gasteiger charge is 2.22. The number of ether oxygens (including phenoxy) is 2. The van der Waals surface area contributed by atoms with Crippen molar-refractivity contribution in [2.75, 3.05) is 33.8 Å². The van der Waals surface area contributed by atoms with E-state index in [1.165, 1.54) is 25.8 Å². The third-order valence-corrected chi connectivity index (χ3v) is 6.01. The first-order valence-electron chi connectivity index (χ1n) is 11.3. The normalized spacial score (nSPS) is 19.3. The molecule has 1 aromatic carbocycles. The van der Waals surface area contributed by atoms with Gasteiger partial charge in [0.05, 0.1) is 13.2 Å². The van der Waals surface area contributed by atoms with E-state index in [9.17, 15) is 0 Å². The molecule has 1 saturated carbocycles. The lowest BCUT2D eigenvalue weighted by atomic mass is 10.1. The first kappa shape index (κ1) is 21.8. The Labute approximate surface area is 176 Å². The number of likely N-dealkylation sites (tertiary alicyclic amines) is 1. The van der Waals surface area contributed by atoms with Gasteiger partial charge in [0.15, 0.2) is 17.5 Å². The van der Waals surface area contributed by atoms with E-state index >= 15 is 0 Å². The highest BCUT2D eigenvalue weighted by Crippen LogP contribution is 2.34. The molecule has 0 atom stereocenters. The first-order valence-corrected chi connectivity index (χ1v) is 11.3. The van der Waals surface area contributed by atoms with Crippen LogP contribution in [-0.4, -0.2) is 56.8 Å². The van der Waals surface area contributed by atoms with Crippen molar-refractivity contribution in [1.82, 2.24) is 15.5 Å². The summed E-state index contributed by atoms with van der Waals surface area (Å²) in [6.07, 6.45) is 8.62. The highest BCUT2D eigenvalue weighted by molar-refractivity contribution is 5.80. The van der Waals surface area contributed by atoms with E-state index in [1.807, 2.05) is 19.2 Å². The Hall–Kier alpha value is -1.95. The second-order valence-corrected chi connectivity index (χ2v) is 8.16. The molecule has 0 aromatic heterocycles. The minimum atomic E-state index is 0.302. The van der Waals surface area contributed by atoms with Crippen LogP contribution in [0.25, 0.3) is 0 Å². The van der Waals surface area contributed by atoms with Crippen molar-refractivity contribution in [3.05, 3.63) is 23.8 Å². The molecule has 0 bridgehead atoms. The van der Waals surface area contributed by atoms with Crippen molar-refractivity contribution in [2.24, 2.45) is 4.99 Å². The highest BCUT2D eigenvalue weighted by atomic mass is 16.5. The number of hydrogen-bond acceptors (Lipinski definition) is 4. The van der Waals surface area contributed by atoms with E-state index in [0.717, 1.165) is 61.8 Å². The number of piperidine rings is 1. The number of guanidine groups is 1. The molecule has 6 nitrogen and oxygen atoms in total. The molecule has 1 saturated heterocycles. The number of methoxy groups -OCH3 is 1. The van der Waals surface area contributed by atoms with Gasteiger partial charge >= 0.3 is 0 Å². The second-order valence-electron chi connectivity index (χ2n) is 8.16. The molecule has 6 heteroatoms. The molecule has 1 aliphatic carbocycles. The van der Waals surface area contributed by atoms with Gasteiger partial charge in [-0.15, -0.1) is 0 Å². The lowest BCUT2D eigenvalue weighted by Crippen LogP contribution is -2.48. The average molecular weight is 403 g/mol. The number of nitrogens with one attached hydrogen (secondary N) is 2. The Morgan fingerprint density at radius 2 is 1.93 bits per heavy atom. The molecular formula is C23H38N4O2. The van der Waals surface area contributed by atoms with E-state index in [1.54, 1.807) is 7.11 Å². The lowest BCUT2D eigenvalue weighted by Gasteiger charge is -2.32. The predicted octanol–water partition coefficient (Wildman–Crippen LogP) is 3.56. The summed E-state index contributed by atoms with van der Waals surface area (Å²) < 4.78 is 11.9. The quantitative estimate of drug-likeness (QED) is 0.514. The summed E-state index contributed by atoms with van der Waals surface area (Å²) in [5, 5.41) is 7.08. The number of hydrogen-bond donors (Lipinski definition) is 2. The number of benzene rings is 1. The summed E-state index contributed by atoms with van der Waals surface area (Å²) in [6, 6.07) is 6.59. The van der Waals surface area contributed by atoms with Gasteiger partial charge in [0.1, 0.15) is 0 Å². The van der Waals surface area contributed by atoms with Crippen LogP contribution in [0.5, 0.6) is 11.5 Å². The van der Waals surface area contributed by atoms with Gasteiger partial charge in [-0.1, -0.05) is 19.1 Å². The van der Waals surface area contributed by atoms with Gasteiger partial charge in [-0.05, 0) is 57.6 Å². The molecule has 162 valence electrons. The Morgan fingerprint density at radius 1 is 1.17 bits per heavy atom. The molecule has 2 N–H and O–H groups in total.